The highest BCUT2D eigenvalue weighted by Crippen LogP contribution is 2.42. The van der Waals surface area contributed by atoms with E-state index in [0.29, 0.717) is 23.7 Å². The lowest BCUT2D eigenvalue weighted by Crippen LogP contribution is -2.46. The second-order valence-electron chi connectivity index (χ2n) is 15.4. The number of carbonyl (C=O) groups excluding carboxylic acids is 1. The van der Waals surface area contributed by atoms with Gasteiger partial charge in [0.1, 0.15) is 53.9 Å². The summed E-state index contributed by atoms with van der Waals surface area (Å²) in [6.45, 7) is 10.4. The molecule has 15 nitrogen and oxygen atoms in total. The number of carbonyl (C=O) groups is 1. The summed E-state index contributed by atoms with van der Waals surface area (Å²) in [6.07, 6.45) is -1.92. The van der Waals surface area contributed by atoms with E-state index < -0.39 is 58.8 Å². The maximum Gasteiger partial charge on any atom is 0.697 e. The molecule has 0 amide bonds. The van der Waals surface area contributed by atoms with E-state index in [1.165, 1.54) is 13.1 Å². The van der Waals surface area contributed by atoms with Crippen LogP contribution in [-0.2, 0) is 33.4 Å². The first kappa shape index (κ1) is 54.5. The first-order valence-corrected chi connectivity index (χ1v) is 24.1. The fourth-order valence-corrected chi connectivity index (χ4v) is 8.18. The Morgan fingerprint density at radius 1 is 0.938 bits per heavy atom. The maximum atomic E-state index is 13.7. The lowest BCUT2D eigenvalue weighted by atomic mass is 9.77. The number of nitrogens with one attached hydrogen (secondary N) is 2. The third kappa shape index (κ3) is 15.7. The highest BCUT2D eigenvalue weighted by molar-refractivity contribution is 8.13. The van der Waals surface area contributed by atoms with Gasteiger partial charge in [0, 0.05) is 35.0 Å². The summed E-state index contributed by atoms with van der Waals surface area (Å²) in [5.74, 6) is 1.85. The SMILES string of the molecule is C1COCCN1.CCC(C)(C)C(=O)SCCO[P+](=O)OC[C@H]1O[C@@H](n2ccc(NC(c3ccccc3)(c3ccc(OC)cc3)c3ccc(OC)cc3)nc2=O)C(C)(O)[C@H]1O.ClC(Cl)(Cl)Cl. The van der Waals surface area contributed by atoms with Crippen LogP contribution in [0.5, 0.6) is 11.5 Å². The predicted molar refractivity (Wildman–Crippen MR) is 256 cm³/mol. The molecule has 5 atom stereocenters. The van der Waals surface area contributed by atoms with Gasteiger partial charge in [-0.1, -0.05) is 134 Å². The Balaban J connectivity index is 0.000000740. The summed E-state index contributed by atoms with van der Waals surface area (Å²) in [5.41, 5.74) is -1.74. The van der Waals surface area contributed by atoms with Crippen LogP contribution in [0.25, 0.3) is 0 Å². The molecule has 2 unspecified atom stereocenters. The van der Waals surface area contributed by atoms with Crippen LogP contribution in [0.4, 0.5) is 5.82 Å². The number of hydrogen-bond acceptors (Lipinski definition) is 15. The number of rotatable bonds is 17. The Kier molecular flexibility index (Phi) is 21.3. The average molecular weight is 1020 g/mol. The van der Waals surface area contributed by atoms with E-state index in [-0.39, 0.29) is 17.5 Å². The predicted octanol–water partition coefficient (Wildman–Crippen LogP) is 8.22. The van der Waals surface area contributed by atoms with Crippen LogP contribution >= 0.6 is 66.4 Å². The number of ether oxygens (including phenoxy) is 4. The third-order valence-corrected chi connectivity index (χ3v) is 12.5. The van der Waals surface area contributed by atoms with Crippen LogP contribution in [0.1, 0.15) is 57.0 Å². The van der Waals surface area contributed by atoms with Crippen molar-refractivity contribution in [2.75, 3.05) is 64.8 Å². The molecule has 0 radical (unpaired) electrons. The number of anilines is 1. The summed E-state index contributed by atoms with van der Waals surface area (Å²) in [6, 6.07) is 26.5. The summed E-state index contributed by atoms with van der Waals surface area (Å²) >= 11 is 20.4. The summed E-state index contributed by atoms with van der Waals surface area (Å²) in [4.78, 5) is 30.4. The summed E-state index contributed by atoms with van der Waals surface area (Å²) in [5, 5.41) is 29.0. The number of aliphatic hydroxyl groups is 2. The van der Waals surface area contributed by atoms with Gasteiger partial charge in [0.25, 0.3) is 3.25 Å². The van der Waals surface area contributed by atoms with Gasteiger partial charge in [0.15, 0.2) is 11.3 Å². The molecule has 6 rings (SSSR count). The molecule has 2 aliphatic rings. The van der Waals surface area contributed by atoms with Gasteiger partial charge < -0.3 is 39.8 Å². The number of methoxy groups -OCH3 is 2. The second kappa shape index (κ2) is 25.3. The van der Waals surface area contributed by atoms with Crippen molar-refractivity contribution in [2.24, 2.45) is 5.41 Å². The number of nitrogens with zero attached hydrogens (tertiary/aromatic N) is 2. The van der Waals surface area contributed by atoms with Crippen molar-refractivity contribution in [3.05, 3.63) is 118 Å². The fourth-order valence-electron chi connectivity index (χ4n) is 6.59. The van der Waals surface area contributed by atoms with Gasteiger partial charge in [-0.15, -0.1) is 9.05 Å². The molecule has 356 valence electrons. The van der Waals surface area contributed by atoms with Crippen molar-refractivity contribution in [1.82, 2.24) is 14.9 Å². The number of hydrogen-bond donors (Lipinski definition) is 4. The van der Waals surface area contributed by atoms with Crippen LogP contribution in [0.15, 0.2) is 95.9 Å². The fraction of sp³-hybridized carbons (Fsp3) is 0.477. The maximum absolute atomic E-state index is 13.7. The molecule has 0 spiro atoms. The van der Waals surface area contributed by atoms with Gasteiger partial charge in [-0.05, 0) is 60.4 Å². The number of benzene rings is 3. The summed E-state index contributed by atoms with van der Waals surface area (Å²) < 4.78 is 44.2. The highest BCUT2D eigenvalue weighted by atomic mass is 35.6. The molecule has 4 N–H and O–H groups in total. The average Bonchev–Trinajstić information content (AvgIpc) is 3.52. The molecule has 0 bridgehead atoms. The number of morpholine rings is 1. The molecule has 2 fully saturated rings. The molecule has 2 aliphatic heterocycles. The molecule has 0 saturated carbocycles. The van der Waals surface area contributed by atoms with Crippen molar-refractivity contribution < 1.29 is 47.6 Å². The molecule has 4 aromatic rings. The normalized spacial score (nSPS) is 20.1. The lowest BCUT2D eigenvalue weighted by molar-refractivity contribution is -0.118. The Labute approximate surface area is 404 Å². The van der Waals surface area contributed by atoms with Gasteiger partial charge in [0.05, 0.1) is 27.4 Å². The van der Waals surface area contributed by atoms with E-state index in [0.717, 1.165) is 59.3 Å². The van der Waals surface area contributed by atoms with Crippen LogP contribution in [0, 0.1) is 5.41 Å². The second-order valence-corrected chi connectivity index (χ2v) is 20.9. The first-order valence-electron chi connectivity index (χ1n) is 20.5. The smallest absolute Gasteiger partial charge is 0.497 e. The van der Waals surface area contributed by atoms with Crippen molar-refractivity contribution in [2.45, 2.75) is 66.9 Å². The zero-order valence-electron chi connectivity index (χ0n) is 36.9. The van der Waals surface area contributed by atoms with Crippen molar-refractivity contribution >= 4 is 77.4 Å². The molecule has 3 aromatic carbocycles. The number of aromatic nitrogens is 2. The third-order valence-electron chi connectivity index (χ3n) is 10.5. The lowest BCUT2D eigenvalue weighted by Gasteiger charge is -2.37. The van der Waals surface area contributed by atoms with Crippen molar-refractivity contribution in [3.63, 3.8) is 0 Å². The first-order chi connectivity index (χ1) is 30.8. The molecular weight excluding hydrogens is 965 g/mol. The van der Waals surface area contributed by atoms with Gasteiger partial charge >= 0.3 is 13.9 Å². The Morgan fingerprint density at radius 3 is 1.94 bits per heavy atom. The van der Waals surface area contributed by atoms with Gasteiger partial charge in [-0.2, -0.15) is 4.98 Å². The van der Waals surface area contributed by atoms with Gasteiger partial charge in [0.2, 0.25) is 0 Å². The zero-order valence-corrected chi connectivity index (χ0v) is 41.6. The number of halogens is 4. The Bertz CT molecular complexity index is 2100. The quantitative estimate of drug-likeness (QED) is 0.0343. The molecule has 65 heavy (non-hydrogen) atoms. The van der Waals surface area contributed by atoms with Gasteiger partial charge in [-0.3, -0.25) is 9.36 Å². The van der Waals surface area contributed by atoms with E-state index >= 15 is 0 Å². The highest BCUT2D eigenvalue weighted by Gasteiger charge is 2.54. The molecule has 0 aliphatic carbocycles. The Morgan fingerprint density at radius 2 is 1.48 bits per heavy atom. The standard InChI is InChI=1S/C39H46N3O10PS.C4H9NO.CCl4/c1-7-37(2,3)35(44)54-24-23-50-53(47)51-25-31-33(43)38(4,46)34(52-31)42-22-21-32(40-36(42)45)41-39(26-11-9-8-10-12-26,27-13-17-29(48-5)18-14-27)28-15-19-30(49-6)20-16-28;1-3-6-4-2-5-1;2-1(3,4)5/h8-22,31,33-34,43,46H,7,23-25H2,1-6H3;5H,1-4H2;/p+1/t31-,33+,34-,38?;;/m1../s1. The van der Waals surface area contributed by atoms with Crippen molar-refractivity contribution in [3.8, 4) is 11.5 Å². The summed E-state index contributed by atoms with van der Waals surface area (Å²) in [7, 11) is 0.573. The van der Waals surface area contributed by atoms with Crippen LogP contribution in [0.3, 0.4) is 0 Å². The molecule has 21 heteroatoms. The number of alkyl halides is 4. The number of thioether (sulfide) groups is 1. The van der Waals surface area contributed by atoms with Crippen LogP contribution in [0.2, 0.25) is 0 Å². The molecule has 2 saturated heterocycles. The minimum Gasteiger partial charge on any atom is -0.497 e. The molecule has 1 aromatic heterocycles. The van der Waals surface area contributed by atoms with Crippen LogP contribution < -0.4 is 25.8 Å². The molecule has 3 heterocycles. The van der Waals surface area contributed by atoms with E-state index in [4.69, 9.17) is 74.4 Å². The monoisotopic (exact) mass is 1020 g/mol. The zero-order chi connectivity index (χ0) is 47.8. The topological polar surface area (TPSA) is 189 Å². The minimum absolute atomic E-state index is 0.00373. The van der Waals surface area contributed by atoms with E-state index in [2.05, 4.69) is 15.6 Å². The van der Waals surface area contributed by atoms with Crippen LogP contribution in [-0.4, -0.2) is 105 Å². The van der Waals surface area contributed by atoms with Crippen molar-refractivity contribution in [1.29, 1.82) is 0 Å². The van der Waals surface area contributed by atoms with E-state index in [9.17, 15) is 24.4 Å². The Hall–Kier alpha value is -3.06. The minimum atomic E-state index is -2.62. The molecular formula is C44H56Cl4N4O11PS+. The van der Waals surface area contributed by atoms with Gasteiger partial charge in [-0.25, -0.2) is 4.79 Å². The number of aliphatic hydroxyl groups excluding tert-OH is 1. The van der Waals surface area contributed by atoms with E-state index in [1.54, 1.807) is 20.3 Å². The largest absolute Gasteiger partial charge is 0.697 e. The van der Waals surface area contributed by atoms with E-state index in [1.807, 2.05) is 99.6 Å².